The van der Waals surface area contributed by atoms with Gasteiger partial charge < -0.3 is 15.6 Å². The Kier molecular flexibility index (Phi) is 4.77. The van der Waals surface area contributed by atoms with Gasteiger partial charge in [-0.25, -0.2) is 0 Å². The van der Waals surface area contributed by atoms with E-state index in [-0.39, 0.29) is 24.2 Å². The van der Waals surface area contributed by atoms with Gasteiger partial charge in [0.25, 0.3) is 0 Å². The van der Waals surface area contributed by atoms with Gasteiger partial charge in [0.15, 0.2) is 0 Å². The number of aliphatic hydroxyl groups is 1. The molecule has 1 aromatic carbocycles. The van der Waals surface area contributed by atoms with Crippen LogP contribution in [0, 0.1) is 19.3 Å². The maximum atomic E-state index is 9.48. The Labute approximate surface area is 110 Å². The molecule has 1 aromatic rings. The molecule has 0 aliphatic rings. The molecule has 0 radical (unpaired) electrons. The normalized spacial score (nSPS) is 15.3. The third kappa shape index (κ3) is 3.47. The fraction of sp³-hybridized carbons (Fsp3) is 0.600. The molecule has 102 valence electrons. The highest BCUT2D eigenvalue weighted by atomic mass is 16.5. The highest BCUT2D eigenvalue weighted by Gasteiger charge is 2.30. The molecule has 3 heteroatoms. The second-order valence-electron chi connectivity index (χ2n) is 5.93. The largest absolute Gasteiger partial charge is 0.486 e. The SMILES string of the molecule is Cc1cccc(OC(CO)C(N)C(C)(C)C)c1C. The van der Waals surface area contributed by atoms with Crippen molar-refractivity contribution < 1.29 is 9.84 Å². The number of ether oxygens (including phenoxy) is 1. The van der Waals surface area contributed by atoms with Gasteiger partial charge in [-0.3, -0.25) is 0 Å². The fourth-order valence-corrected chi connectivity index (χ4v) is 1.80. The van der Waals surface area contributed by atoms with Gasteiger partial charge >= 0.3 is 0 Å². The summed E-state index contributed by atoms with van der Waals surface area (Å²) in [6.45, 7) is 10.1. The topological polar surface area (TPSA) is 55.5 Å². The minimum Gasteiger partial charge on any atom is -0.486 e. The first-order valence-electron chi connectivity index (χ1n) is 6.36. The average Bonchev–Trinajstić information content (AvgIpc) is 2.29. The van der Waals surface area contributed by atoms with E-state index in [1.165, 1.54) is 5.56 Å². The van der Waals surface area contributed by atoms with Crippen LogP contribution in [-0.2, 0) is 0 Å². The van der Waals surface area contributed by atoms with Crippen molar-refractivity contribution >= 4 is 0 Å². The molecule has 18 heavy (non-hydrogen) atoms. The summed E-state index contributed by atoms with van der Waals surface area (Å²) in [5.74, 6) is 0.800. The number of aliphatic hydroxyl groups excluding tert-OH is 1. The first-order valence-corrected chi connectivity index (χ1v) is 6.36. The number of nitrogens with two attached hydrogens (primary N) is 1. The number of aryl methyl sites for hydroxylation is 1. The molecule has 0 saturated heterocycles. The van der Waals surface area contributed by atoms with Gasteiger partial charge in [-0.2, -0.15) is 0 Å². The number of rotatable bonds is 4. The minimum absolute atomic E-state index is 0.0776. The molecule has 0 aliphatic carbocycles. The smallest absolute Gasteiger partial charge is 0.137 e. The molecule has 0 amide bonds. The molecule has 2 atom stereocenters. The Balaban J connectivity index is 2.90. The summed E-state index contributed by atoms with van der Waals surface area (Å²) in [7, 11) is 0. The number of hydrogen-bond acceptors (Lipinski definition) is 3. The molecule has 0 spiro atoms. The second kappa shape index (κ2) is 5.72. The van der Waals surface area contributed by atoms with E-state index in [1.54, 1.807) is 0 Å². The van der Waals surface area contributed by atoms with Gasteiger partial charge in [0.05, 0.1) is 6.61 Å². The molecule has 3 nitrogen and oxygen atoms in total. The lowest BCUT2D eigenvalue weighted by Crippen LogP contribution is -2.49. The van der Waals surface area contributed by atoms with Crippen molar-refractivity contribution in [2.45, 2.75) is 46.8 Å². The molecule has 0 bridgehead atoms. The van der Waals surface area contributed by atoms with E-state index in [0.717, 1.165) is 11.3 Å². The minimum atomic E-state index is -0.384. The first-order chi connectivity index (χ1) is 8.27. The molecule has 2 unspecified atom stereocenters. The van der Waals surface area contributed by atoms with E-state index in [2.05, 4.69) is 0 Å². The van der Waals surface area contributed by atoms with Crippen molar-refractivity contribution in [1.82, 2.24) is 0 Å². The zero-order chi connectivity index (χ0) is 13.9. The van der Waals surface area contributed by atoms with Crippen LogP contribution in [0.3, 0.4) is 0 Å². The molecule has 0 saturated carbocycles. The average molecular weight is 251 g/mol. The summed E-state index contributed by atoms with van der Waals surface area (Å²) < 4.78 is 5.89. The van der Waals surface area contributed by atoms with Gasteiger partial charge in [-0.05, 0) is 36.5 Å². The third-order valence-corrected chi connectivity index (χ3v) is 3.41. The lowest BCUT2D eigenvalue weighted by Gasteiger charge is -2.33. The molecule has 0 fully saturated rings. The van der Waals surface area contributed by atoms with Gasteiger partial charge in [-0.1, -0.05) is 32.9 Å². The van der Waals surface area contributed by atoms with Crippen LogP contribution in [0.15, 0.2) is 18.2 Å². The monoisotopic (exact) mass is 251 g/mol. The molecule has 0 aliphatic heterocycles. The Morgan fingerprint density at radius 2 is 1.89 bits per heavy atom. The fourth-order valence-electron chi connectivity index (χ4n) is 1.80. The van der Waals surface area contributed by atoms with Crippen molar-refractivity contribution in [3.63, 3.8) is 0 Å². The van der Waals surface area contributed by atoms with E-state index >= 15 is 0 Å². The highest BCUT2D eigenvalue weighted by Crippen LogP contribution is 2.26. The van der Waals surface area contributed by atoms with E-state index in [9.17, 15) is 5.11 Å². The Bertz CT molecular complexity index is 396. The van der Waals surface area contributed by atoms with Crippen molar-refractivity contribution in [2.24, 2.45) is 11.1 Å². The van der Waals surface area contributed by atoms with Crippen LogP contribution >= 0.6 is 0 Å². The van der Waals surface area contributed by atoms with Gasteiger partial charge in [0.1, 0.15) is 11.9 Å². The van der Waals surface area contributed by atoms with Crippen LogP contribution in [0.2, 0.25) is 0 Å². The van der Waals surface area contributed by atoms with Crippen LogP contribution in [0.25, 0.3) is 0 Å². The summed E-state index contributed by atoms with van der Waals surface area (Å²) >= 11 is 0. The summed E-state index contributed by atoms with van der Waals surface area (Å²) in [5.41, 5.74) is 8.32. The predicted molar refractivity (Wildman–Crippen MR) is 74.8 cm³/mol. The lowest BCUT2D eigenvalue weighted by molar-refractivity contribution is 0.0586. The molecule has 1 rings (SSSR count). The Morgan fingerprint density at radius 1 is 1.28 bits per heavy atom. The van der Waals surface area contributed by atoms with Crippen LogP contribution in [0.4, 0.5) is 0 Å². The van der Waals surface area contributed by atoms with E-state index in [4.69, 9.17) is 10.5 Å². The van der Waals surface area contributed by atoms with Gasteiger partial charge in [0.2, 0.25) is 0 Å². The zero-order valence-electron chi connectivity index (χ0n) is 12.0. The maximum Gasteiger partial charge on any atom is 0.137 e. The van der Waals surface area contributed by atoms with E-state index in [1.807, 2.05) is 52.8 Å². The third-order valence-electron chi connectivity index (χ3n) is 3.41. The first kappa shape index (κ1) is 15.0. The Hall–Kier alpha value is -1.06. The molecular weight excluding hydrogens is 226 g/mol. The van der Waals surface area contributed by atoms with E-state index in [0.29, 0.717) is 0 Å². The van der Waals surface area contributed by atoms with Crippen LogP contribution in [0.5, 0.6) is 5.75 Å². The van der Waals surface area contributed by atoms with Gasteiger partial charge in [0, 0.05) is 6.04 Å². The van der Waals surface area contributed by atoms with Crippen molar-refractivity contribution in [1.29, 1.82) is 0 Å². The summed E-state index contributed by atoms with van der Waals surface area (Å²) in [6, 6.07) is 5.69. The number of hydrogen-bond donors (Lipinski definition) is 2. The Morgan fingerprint density at radius 3 is 2.39 bits per heavy atom. The van der Waals surface area contributed by atoms with Crippen molar-refractivity contribution in [3.8, 4) is 5.75 Å². The zero-order valence-corrected chi connectivity index (χ0v) is 12.0. The standard InChI is InChI=1S/C15H25NO2/c1-10-7-6-8-12(11(10)2)18-13(9-17)14(16)15(3,4)5/h6-8,13-14,17H,9,16H2,1-5H3. The summed E-state index contributed by atoms with van der Waals surface area (Å²) in [4.78, 5) is 0. The van der Waals surface area contributed by atoms with Crippen molar-refractivity contribution in [2.75, 3.05) is 6.61 Å². The number of benzene rings is 1. The summed E-state index contributed by atoms with van der Waals surface area (Å²) in [5, 5.41) is 9.48. The molecule has 0 heterocycles. The van der Waals surface area contributed by atoms with Crippen LogP contribution in [-0.4, -0.2) is 23.9 Å². The quantitative estimate of drug-likeness (QED) is 0.864. The maximum absolute atomic E-state index is 9.48. The van der Waals surface area contributed by atoms with Gasteiger partial charge in [-0.15, -0.1) is 0 Å². The predicted octanol–water partition coefficient (Wildman–Crippen LogP) is 2.42. The molecular formula is C15H25NO2. The lowest BCUT2D eigenvalue weighted by atomic mass is 9.84. The second-order valence-corrected chi connectivity index (χ2v) is 5.93. The highest BCUT2D eigenvalue weighted by molar-refractivity contribution is 5.38. The molecule has 3 N–H and O–H groups in total. The van der Waals surface area contributed by atoms with Crippen molar-refractivity contribution in [3.05, 3.63) is 29.3 Å². The van der Waals surface area contributed by atoms with E-state index < -0.39 is 0 Å². The van der Waals surface area contributed by atoms with Crippen LogP contribution < -0.4 is 10.5 Å². The van der Waals surface area contributed by atoms with Crippen LogP contribution in [0.1, 0.15) is 31.9 Å². The molecule has 0 aromatic heterocycles. The summed E-state index contributed by atoms with van der Waals surface area (Å²) in [6.07, 6.45) is -0.384.